The number of amides is 1. The van der Waals surface area contributed by atoms with Crippen molar-refractivity contribution in [2.75, 3.05) is 11.1 Å². The third kappa shape index (κ3) is 6.23. The average molecular weight is 341 g/mol. The third-order valence-corrected chi connectivity index (χ3v) is 3.78. The highest BCUT2D eigenvalue weighted by molar-refractivity contribution is 7.99. The fourth-order valence-electron chi connectivity index (χ4n) is 1.76. The smallest absolute Gasteiger partial charge is 0.387 e. The van der Waals surface area contributed by atoms with E-state index in [1.165, 1.54) is 48.2 Å². The van der Waals surface area contributed by atoms with E-state index >= 15 is 0 Å². The number of carbonyl (C=O) groups excluding carboxylic acids is 1. The van der Waals surface area contributed by atoms with Crippen molar-refractivity contribution in [2.45, 2.75) is 12.4 Å². The Morgan fingerprint density at radius 3 is 2.35 bits per heavy atom. The number of alkyl halides is 2. The molecule has 2 aromatic carbocycles. The molecule has 1 amide bonds. The van der Waals surface area contributed by atoms with Crippen LogP contribution in [0, 0.1) is 5.82 Å². The predicted molar refractivity (Wildman–Crippen MR) is 84.3 cm³/mol. The maximum Gasteiger partial charge on any atom is 0.387 e. The van der Waals surface area contributed by atoms with Crippen molar-refractivity contribution in [1.82, 2.24) is 0 Å². The molecule has 0 aliphatic heterocycles. The lowest BCUT2D eigenvalue weighted by Gasteiger charge is -2.07. The first-order valence-corrected chi connectivity index (χ1v) is 7.85. The van der Waals surface area contributed by atoms with Gasteiger partial charge in [0.2, 0.25) is 5.91 Å². The van der Waals surface area contributed by atoms with Crippen LogP contribution in [0.15, 0.2) is 48.5 Å². The molecule has 0 atom stereocenters. The van der Waals surface area contributed by atoms with Gasteiger partial charge >= 0.3 is 6.61 Å². The number of benzene rings is 2. The first-order valence-electron chi connectivity index (χ1n) is 6.70. The quantitative estimate of drug-likeness (QED) is 0.816. The number of rotatable bonds is 7. The molecule has 0 saturated heterocycles. The molecule has 0 unspecified atom stereocenters. The number of thioether (sulfide) groups is 1. The summed E-state index contributed by atoms with van der Waals surface area (Å²) in [5.74, 6) is 0.348. The van der Waals surface area contributed by atoms with E-state index in [-0.39, 0.29) is 23.2 Å². The first-order chi connectivity index (χ1) is 11.0. The summed E-state index contributed by atoms with van der Waals surface area (Å²) in [6.07, 6.45) is 0. The Morgan fingerprint density at radius 1 is 1.09 bits per heavy atom. The molecule has 0 aromatic heterocycles. The summed E-state index contributed by atoms with van der Waals surface area (Å²) in [4.78, 5) is 11.8. The van der Waals surface area contributed by atoms with E-state index in [1.807, 2.05) is 0 Å². The summed E-state index contributed by atoms with van der Waals surface area (Å²) in [5.41, 5.74) is 1.43. The predicted octanol–water partition coefficient (Wildman–Crippen LogP) is 4.30. The van der Waals surface area contributed by atoms with Crippen LogP contribution in [0.3, 0.4) is 0 Å². The van der Waals surface area contributed by atoms with Gasteiger partial charge in [-0.3, -0.25) is 4.79 Å². The Morgan fingerprint density at radius 2 is 1.74 bits per heavy atom. The Hall–Kier alpha value is -2.15. The number of hydrogen-bond acceptors (Lipinski definition) is 3. The summed E-state index contributed by atoms with van der Waals surface area (Å²) in [5, 5.41) is 2.66. The second-order valence-corrected chi connectivity index (χ2v) is 5.56. The Balaban J connectivity index is 1.75. The van der Waals surface area contributed by atoms with Gasteiger partial charge in [0.15, 0.2) is 0 Å². The van der Waals surface area contributed by atoms with Crippen LogP contribution >= 0.6 is 11.8 Å². The van der Waals surface area contributed by atoms with Gasteiger partial charge in [-0.1, -0.05) is 12.1 Å². The summed E-state index contributed by atoms with van der Waals surface area (Å²) in [6, 6.07) is 11.8. The molecule has 0 radical (unpaired) electrons. The van der Waals surface area contributed by atoms with E-state index < -0.39 is 6.61 Å². The van der Waals surface area contributed by atoms with E-state index in [1.54, 1.807) is 12.1 Å². The van der Waals surface area contributed by atoms with E-state index in [4.69, 9.17) is 0 Å². The molecule has 122 valence electrons. The van der Waals surface area contributed by atoms with Gasteiger partial charge in [-0.2, -0.15) is 8.78 Å². The highest BCUT2D eigenvalue weighted by Gasteiger charge is 2.06. The first kappa shape index (κ1) is 17.2. The van der Waals surface area contributed by atoms with E-state index in [2.05, 4.69) is 10.1 Å². The monoisotopic (exact) mass is 341 g/mol. The lowest BCUT2D eigenvalue weighted by atomic mass is 10.2. The van der Waals surface area contributed by atoms with Crippen LogP contribution < -0.4 is 10.1 Å². The minimum absolute atomic E-state index is 0.0312. The molecule has 0 bridgehead atoms. The van der Waals surface area contributed by atoms with Crippen LogP contribution in [0.2, 0.25) is 0 Å². The van der Waals surface area contributed by atoms with Crippen LogP contribution in [-0.4, -0.2) is 18.3 Å². The highest BCUT2D eigenvalue weighted by atomic mass is 32.2. The van der Waals surface area contributed by atoms with Crippen molar-refractivity contribution in [3.63, 3.8) is 0 Å². The van der Waals surface area contributed by atoms with E-state index in [0.717, 1.165) is 5.56 Å². The largest absolute Gasteiger partial charge is 0.435 e. The van der Waals surface area contributed by atoms with Crippen LogP contribution in [0.4, 0.5) is 18.9 Å². The molecule has 2 aromatic rings. The molecule has 0 aliphatic rings. The van der Waals surface area contributed by atoms with Crippen LogP contribution in [0.1, 0.15) is 5.56 Å². The zero-order valence-electron chi connectivity index (χ0n) is 12.0. The molecular weight excluding hydrogens is 327 g/mol. The van der Waals surface area contributed by atoms with Gasteiger partial charge in [0, 0.05) is 11.4 Å². The Kier molecular flexibility index (Phi) is 6.34. The van der Waals surface area contributed by atoms with Gasteiger partial charge in [-0.15, -0.1) is 11.8 Å². The second-order valence-electron chi connectivity index (χ2n) is 4.57. The van der Waals surface area contributed by atoms with Crippen LogP contribution in [0.25, 0.3) is 0 Å². The van der Waals surface area contributed by atoms with E-state index in [0.29, 0.717) is 11.4 Å². The summed E-state index contributed by atoms with van der Waals surface area (Å²) >= 11 is 1.39. The molecule has 7 heteroatoms. The topological polar surface area (TPSA) is 38.3 Å². The SMILES string of the molecule is O=C(CSCc1ccc(F)cc1)Nc1ccc(OC(F)F)cc1. The van der Waals surface area contributed by atoms with Gasteiger partial charge in [0.05, 0.1) is 5.75 Å². The molecular formula is C16H14F3NO2S. The highest BCUT2D eigenvalue weighted by Crippen LogP contribution is 2.18. The lowest BCUT2D eigenvalue weighted by molar-refractivity contribution is -0.113. The lowest BCUT2D eigenvalue weighted by Crippen LogP contribution is -2.14. The number of anilines is 1. The molecule has 23 heavy (non-hydrogen) atoms. The molecule has 0 saturated carbocycles. The molecule has 0 heterocycles. The van der Waals surface area contributed by atoms with Crippen molar-refractivity contribution >= 4 is 23.4 Å². The van der Waals surface area contributed by atoms with Gasteiger partial charge in [-0.25, -0.2) is 4.39 Å². The Labute approximate surface area is 135 Å². The van der Waals surface area contributed by atoms with Crippen molar-refractivity contribution in [3.8, 4) is 5.75 Å². The second kappa shape index (κ2) is 8.47. The molecule has 0 aliphatic carbocycles. The summed E-state index contributed by atoms with van der Waals surface area (Å²) in [7, 11) is 0. The van der Waals surface area contributed by atoms with Crippen molar-refractivity contribution in [3.05, 3.63) is 59.9 Å². The zero-order chi connectivity index (χ0) is 16.7. The van der Waals surface area contributed by atoms with Gasteiger partial charge in [-0.05, 0) is 42.0 Å². The molecule has 1 N–H and O–H groups in total. The van der Waals surface area contributed by atoms with Crippen molar-refractivity contribution in [1.29, 1.82) is 0 Å². The van der Waals surface area contributed by atoms with Crippen molar-refractivity contribution in [2.24, 2.45) is 0 Å². The standard InChI is InChI=1S/C16H14F3NO2S/c17-12-3-1-11(2-4-12)9-23-10-15(21)20-13-5-7-14(8-6-13)22-16(18)19/h1-8,16H,9-10H2,(H,20,21). The molecule has 0 spiro atoms. The average Bonchev–Trinajstić information content (AvgIpc) is 2.51. The summed E-state index contributed by atoms with van der Waals surface area (Å²) in [6.45, 7) is -2.88. The van der Waals surface area contributed by atoms with Crippen LogP contribution in [0.5, 0.6) is 5.75 Å². The number of carbonyl (C=O) groups is 1. The van der Waals surface area contributed by atoms with Gasteiger partial charge in [0.1, 0.15) is 11.6 Å². The fraction of sp³-hybridized carbons (Fsp3) is 0.188. The zero-order valence-corrected chi connectivity index (χ0v) is 12.8. The normalized spacial score (nSPS) is 10.6. The number of hydrogen-bond donors (Lipinski definition) is 1. The third-order valence-electron chi connectivity index (χ3n) is 2.78. The summed E-state index contributed by atoms with van der Waals surface area (Å²) < 4.78 is 41.0. The van der Waals surface area contributed by atoms with Gasteiger partial charge in [0.25, 0.3) is 0 Å². The van der Waals surface area contributed by atoms with Gasteiger partial charge < -0.3 is 10.1 Å². The maximum absolute atomic E-state index is 12.8. The number of nitrogens with one attached hydrogen (secondary N) is 1. The number of ether oxygens (including phenoxy) is 1. The van der Waals surface area contributed by atoms with Crippen LogP contribution in [-0.2, 0) is 10.5 Å². The molecule has 3 nitrogen and oxygen atoms in total. The molecule has 0 fully saturated rings. The maximum atomic E-state index is 12.8. The van der Waals surface area contributed by atoms with Crippen molar-refractivity contribution < 1.29 is 22.7 Å². The van der Waals surface area contributed by atoms with E-state index in [9.17, 15) is 18.0 Å². The Bertz CT molecular complexity index is 633. The number of halogens is 3. The fourth-order valence-corrected chi connectivity index (χ4v) is 2.55. The minimum Gasteiger partial charge on any atom is -0.435 e. The molecule has 2 rings (SSSR count). The minimum atomic E-state index is -2.88.